The Balaban J connectivity index is 2.12. The van der Waals surface area contributed by atoms with Gasteiger partial charge in [-0.1, -0.05) is 12.1 Å². The summed E-state index contributed by atoms with van der Waals surface area (Å²) in [6.07, 6.45) is 2.21. The van der Waals surface area contributed by atoms with E-state index in [2.05, 4.69) is 14.7 Å². The Morgan fingerprint density at radius 2 is 1.95 bits per heavy atom. The van der Waals surface area contributed by atoms with Gasteiger partial charge >= 0.3 is 0 Å². The van der Waals surface area contributed by atoms with E-state index < -0.39 is 15.8 Å². The van der Waals surface area contributed by atoms with E-state index in [-0.39, 0.29) is 17.4 Å². The van der Waals surface area contributed by atoms with Crippen molar-refractivity contribution >= 4 is 16.0 Å². The number of nitrogens with zero attached hydrogens (tertiary/aromatic N) is 2. The minimum atomic E-state index is -3.74. The monoisotopic (exact) mass is 282 g/mol. The van der Waals surface area contributed by atoms with Gasteiger partial charge in [0.1, 0.15) is 10.7 Å². The molecule has 1 aromatic carbocycles. The molecule has 0 spiro atoms. The van der Waals surface area contributed by atoms with Gasteiger partial charge in [0, 0.05) is 6.54 Å². The van der Waals surface area contributed by atoms with Crippen LogP contribution in [0.25, 0.3) is 0 Å². The standard InChI is InChI=1S/C11H11FN4O2S/c12-9-3-1-2-8(4-9)5-16-19(17,18)10-6-14-11(13)15-7-10/h1-4,6-7,16H,5H2,(H2,13,14,15). The number of anilines is 1. The fourth-order valence-electron chi connectivity index (χ4n) is 1.37. The maximum Gasteiger partial charge on any atom is 0.243 e. The predicted molar refractivity (Wildman–Crippen MR) is 66.9 cm³/mol. The molecule has 0 aliphatic heterocycles. The molecule has 0 amide bonds. The van der Waals surface area contributed by atoms with Gasteiger partial charge in [-0.25, -0.2) is 27.5 Å². The molecule has 0 atom stereocenters. The summed E-state index contributed by atoms with van der Waals surface area (Å²) in [5.74, 6) is -0.434. The maximum atomic E-state index is 12.9. The molecule has 0 radical (unpaired) electrons. The van der Waals surface area contributed by atoms with Crippen LogP contribution < -0.4 is 10.5 Å². The van der Waals surface area contributed by atoms with E-state index in [0.717, 1.165) is 12.4 Å². The van der Waals surface area contributed by atoms with Crippen LogP contribution in [0.2, 0.25) is 0 Å². The highest BCUT2D eigenvalue weighted by atomic mass is 32.2. The van der Waals surface area contributed by atoms with Gasteiger partial charge in [-0.15, -0.1) is 0 Å². The van der Waals surface area contributed by atoms with Crippen LogP contribution in [0.3, 0.4) is 0 Å². The second-order valence-corrected chi connectivity index (χ2v) is 5.50. The van der Waals surface area contributed by atoms with Gasteiger partial charge in [0.25, 0.3) is 0 Å². The van der Waals surface area contributed by atoms with Gasteiger partial charge in [0.05, 0.1) is 12.4 Å². The van der Waals surface area contributed by atoms with E-state index in [4.69, 9.17) is 5.73 Å². The van der Waals surface area contributed by atoms with Crippen LogP contribution in [0.5, 0.6) is 0 Å². The number of sulfonamides is 1. The zero-order valence-corrected chi connectivity index (χ0v) is 10.6. The SMILES string of the molecule is Nc1ncc(S(=O)(=O)NCc2cccc(F)c2)cn1. The molecule has 1 aromatic heterocycles. The highest BCUT2D eigenvalue weighted by molar-refractivity contribution is 7.89. The molecule has 0 saturated carbocycles. The molecule has 100 valence electrons. The van der Waals surface area contributed by atoms with Crippen molar-refractivity contribution < 1.29 is 12.8 Å². The number of nitrogen functional groups attached to an aromatic ring is 1. The fourth-order valence-corrected chi connectivity index (χ4v) is 2.28. The number of rotatable bonds is 4. The van der Waals surface area contributed by atoms with Crippen LogP contribution in [0, 0.1) is 5.82 Å². The van der Waals surface area contributed by atoms with E-state index in [9.17, 15) is 12.8 Å². The third-order valence-corrected chi connectivity index (χ3v) is 3.67. The van der Waals surface area contributed by atoms with Gasteiger partial charge in [-0.05, 0) is 17.7 Å². The lowest BCUT2D eigenvalue weighted by atomic mass is 10.2. The molecule has 0 aliphatic rings. The van der Waals surface area contributed by atoms with Crippen molar-refractivity contribution in [3.8, 4) is 0 Å². The number of halogens is 1. The van der Waals surface area contributed by atoms with Crippen molar-refractivity contribution in [3.63, 3.8) is 0 Å². The fraction of sp³-hybridized carbons (Fsp3) is 0.0909. The summed E-state index contributed by atoms with van der Waals surface area (Å²) in [6, 6.07) is 5.66. The van der Waals surface area contributed by atoms with Gasteiger partial charge in [0.2, 0.25) is 16.0 Å². The van der Waals surface area contributed by atoms with E-state index >= 15 is 0 Å². The Morgan fingerprint density at radius 3 is 2.58 bits per heavy atom. The Bertz CT molecular complexity index is 673. The third-order valence-electron chi connectivity index (χ3n) is 2.31. The van der Waals surface area contributed by atoms with Gasteiger partial charge in [0.15, 0.2) is 0 Å². The lowest BCUT2D eigenvalue weighted by molar-refractivity contribution is 0.579. The van der Waals surface area contributed by atoms with Gasteiger partial charge < -0.3 is 5.73 Å². The summed E-state index contributed by atoms with van der Waals surface area (Å²) in [4.78, 5) is 7.11. The normalized spacial score (nSPS) is 11.4. The molecule has 0 saturated heterocycles. The molecule has 0 aliphatic carbocycles. The maximum absolute atomic E-state index is 12.9. The van der Waals surface area contributed by atoms with E-state index in [1.807, 2.05) is 0 Å². The Kier molecular flexibility index (Phi) is 3.72. The molecule has 1 heterocycles. The lowest BCUT2D eigenvalue weighted by Gasteiger charge is -2.06. The second kappa shape index (κ2) is 5.29. The highest BCUT2D eigenvalue weighted by Gasteiger charge is 2.14. The summed E-state index contributed by atoms with van der Waals surface area (Å²) in [5, 5.41) is 0. The first-order valence-corrected chi connectivity index (χ1v) is 6.77. The predicted octanol–water partition coefficient (Wildman–Crippen LogP) is 0.676. The van der Waals surface area contributed by atoms with Gasteiger partial charge in [-0.2, -0.15) is 0 Å². The highest BCUT2D eigenvalue weighted by Crippen LogP contribution is 2.08. The van der Waals surface area contributed by atoms with E-state index in [0.29, 0.717) is 5.56 Å². The number of hydrogen-bond donors (Lipinski definition) is 2. The minimum Gasteiger partial charge on any atom is -0.368 e. The molecule has 2 aromatic rings. The van der Waals surface area contributed by atoms with Crippen molar-refractivity contribution in [2.45, 2.75) is 11.4 Å². The van der Waals surface area contributed by atoms with Crippen molar-refractivity contribution in [2.75, 3.05) is 5.73 Å². The second-order valence-electron chi connectivity index (χ2n) is 3.73. The molecular formula is C11H11FN4O2S. The molecule has 0 fully saturated rings. The molecule has 8 heteroatoms. The lowest BCUT2D eigenvalue weighted by Crippen LogP contribution is -2.23. The van der Waals surface area contributed by atoms with Crippen LogP contribution in [0.1, 0.15) is 5.56 Å². The zero-order valence-electron chi connectivity index (χ0n) is 9.75. The summed E-state index contributed by atoms with van der Waals surface area (Å²) in [6.45, 7) is -0.0233. The average Bonchev–Trinajstić information content (AvgIpc) is 2.37. The quantitative estimate of drug-likeness (QED) is 0.859. The molecule has 6 nitrogen and oxygen atoms in total. The zero-order chi connectivity index (χ0) is 13.9. The smallest absolute Gasteiger partial charge is 0.243 e. The van der Waals surface area contributed by atoms with Crippen LogP contribution in [-0.2, 0) is 16.6 Å². The van der Waals surface area contributed by atoms with Gasteiger partial charge in [-0.3, -0.25) is 0 Å². The van der Waals surface area contributed by atoms with Crippen LogP contribution in [0.15, 0.2) is 41.6 Å². The topological polar surface area (TPSA) is 98.0 Å². The van der Waals surface area contributed by atoms with Crippen molar-refractivity contribution in [1.82, 2.24) is 14.7 Å². The summed E-state index contributed by atoms with van der Waals surface area (Å²) < 4.78 is 39.0. The number of nitrogens with two attached hydrogens (primary N) is 1. The molecule has 2 rings (SSSR count). The largest absolute Gasteiger partial charge is 0.368 e. The number of hydrogen-bond acceptors (Lipinski definition) is 5. The van der Waals surface area contributed by atoms with Crippen LogP contribution in [0.4, 0.5) is 10.3 Å². The summed E-state index contributed by atoms with van der Waals surface area (Å²) >= 11 is 0. The Labute approximate surface area is 109 Å². The van der Waals surface area contributed by atoms with Crippen molar-refractivity contribution in [2.24, 2.45) is 0 Å². The summed E-state index contributed by atoms with van der Waals surface area (Å²) in [5.41, 5.74) is 5.79. The van der Waals surface area contributed by atoms with Crippen LogP contribution >= 0.6 is 0 Å². The minimum absolute atomic E-state index is 0.0101. The summed E-state index contributed by atoms with van der Waals surface area (Å²) in [7, 11) is -3.74. The van der Waals surface area contributed by atoms with Crippen molar-refractivity contribution in [1.29, 1.82) is 0 Å². The molecule has 3 N–H and O–H groups in total. The Morgan fingerprint density at radius 1 is 1.26 bits per heavy atom. The van der Waals surface area contributed by atoms with Crippen LogP contribution in [-0.4, -0.2) is 18.4 Å². The van der Waals surface area contributed by atoms with E-state index in [1.165, 1.54) is 18.2 Å². The first kappa shape index (κ1) is 13.4. The number of benzene rings is 1. The number of nitrogens with one attached hydrogen (secondary N) is 1. The number of aromatic nitrogens is 2. The molecule has 19 heavy (non-hydrogen) atoms. The third kappa shape index (κ3) is 3.46. The molecule has 0 bridgehead atoms. The Hall–Kier alpha value is -2.06. The first-order chi connectivity index (χ1) is 8.97. The average molecular weight is 282 g/mol. The first-order valence-electron chi connectivity index (χ1n) is 5.29. The van der Waals surface area contributed by atoms with E-state index in [1.54, 1.807) is 6.07 Å². The van der Waals surface area contributed by atoms with Crippen molar-refractivity contribution in [3.05, 3.63) is 48.0 Å². The molecular weight excluding hydrogens is 271 g/mol. The molecule has 0 unspecified atom stereocenters.